The van der Waals surface area contributed by atoms with Crippen LogP contribution in [0.2, 0.25) is 0 Å². The first kappa shape index (κ1) is 10.3. The number of nitrogens with one attached hydrogen (secondary N) is 1. The quantitative estimate of drug-likeness (QED) is 0.645. The molecule has 0 aromatic carbocycles. The number of hydrogen-bond donors (Lipinski definition) is 2. The lowest BCUT2D eigenvalue weighted by Gasteiger charge is -2.21. The van der Waals surface area contributed by atoms with Crippen LogP contribution in [0.3, 0.4) is 0 Å². The van der Waals surface area contributed by atoms with Gasteiger partial charge in [0.1, 0.15) is 0 Å². The van der Waals surface area contributed by atoms with Crippen molar-refractivity contribution in [2.24, 2.45) is 11.7 Å². The summed E-state index contributed by atoms with van der Waals surface area (Å²) < 4.78 is 0. The summed E-state index contributed by atoms with van der Waals surface area (Å²) >= 11 is 0. The van der Waals surface area contributed by atoms with E-state index in [0.29, 0.717) is 5.92 Å². The van der Waals surface area contributed by atoms with E-state index in [2.05, 4.69) is 13.8 Å². The molecule has 0 bridgehead atoms. The van der Waals surface area contributed by atoms with Gasteiger partial charge in [0.2, 0.25) is 0 Å². The summed E-state index contributed by atoms with van der Waals surface area (Å²) in [5, 5.41) is 7.98. The van der Waals surface area contributed by atoms with Crippen molar-refractivity contribution in [3.05, 3.63) is 11.3 Å². The Morgan fingerprint density at radius 2 is 2.08 bits per heavy atom. The summed E-state index contributed by atoms with van der Waals surface area (Å²) in [6, 6.07) is 0. The third-order valence-electron chi connectivity index (χ3n) is 2.94. The molecule has 1 unspecified atom stereocenters. The molecule has 2 nitrogen and oxygen atoms in total. The van der Waals surface area contributed by atoms with Gasteiger partial charge in [0.25, 0.3) is 0 Å². The second-order valence-electron chi connectivity index (χ2n) is 3.93. The Morgan fingerprint density at radius 1 is 1.46 bits per heavy atom. The SMILES string of the molecule is CCC(C)C(=N)C1=C(N)CCCC1. The average Bonchev–Trinajstić information content (AvgIpc) is 2.16. The fourth-order valence-electron chi connectivity index (χ4n) is 1.74. The maximum absolute atomic E-state index is 7.98. The Hall–Kier alpha value is -0.790. The van der Waals surface area contributed by atoms with Crippen LogP contribution < -0.4 is 5.73 Å². The van der Waals surface area contributed by atoms with Gasteiger partial charge in [-0.1, -0.05) is 13.8 Å². The molecule has 0 aromatic rings. The van der Waals surface area contributed by atoms with Gasteiger partial charge in [-0.2, -0.15) is 0 Å². The summed E-state index contributed by atoms with van der Waals surface area (Å²) in [7, 11) is 0. The molecule has 0 aromatic heterocycles. The fourth-order valence-corrected chi connectivity index (χ4v) is 1.74. The number of rotatable bonds is 3. The molecular weight excluding hydrogens is 160 g/mol. The first-order chi connectivity index (χ1) is 6.16. The Bertz CT molecular complexity index is 228. The van der Waals surface area contributed by atoms with Crippen LogP contribution in [-0.2, 0) is 0 Å². The Kier molecular flexibility index (Phi) is 3.52. The lowest BCUT2D eigenvalue weighted by atomic mass is 9.87. The van der Waals surface area contributed by atoms with Gasteiger partial charge in [-0.3, -0.25) is 0 Å². The van der Waals surface area contributed by atoms with Crippen LogP contribution in [-0.4, -0.2) is 5.71 Å². The molecule has 0 radical (unpaired) electrons. The van der Waals surface area contributed by atoms with Gasteiger partial charge in [0.15, 0.2) is 0 Å². The van der Waals surface area contributed by atoms with Crippen LogP contribution in [0.4, 0.5) is 0 Å². The number of allylic oxidation sites excluding steroid dienone is 2. The Labute approximate surface area is 80.7 Å². The van der Waals surface area contributed by atoms with Gasteiger partial charge in [-0.15, -0.1) is 0 Å². The molecular formula is C11H20N2. The highest BCUT2D eigenvalue weighted by Gasteiger charge is 2.17. The van der Waals surface area contributed by atoms with Crippen LogP contribution in [0.1, 0.15) is 46.0 Å². The van der Waals surface area contributed by atoms with Crippen molar-refractivity contribution in [3.63, 3.8) is 0 Å². The molecule has 1 atom stereocenters. The van der Waals surface area contributed by atoms with Gasteiger partial charge in [-0.05, 0) is 43.6 Å². The summed E-state index contributed by atoms with van der Waals surface area (Å²) in [6.45, 7) is 4.23. The molecule has 0 aliphatic heterocycles. The fraction of sp³-hybridized carbons (Fsp3) is 0.727. The van der Waals surface area contributed by atoms with Crippen molar-refractivity contribution < 1.29 is 0 Å². The predicted molar refractivity (Wildman–Crippen MR) is 56.9 cm³/mol. The molecule has 74 valence electrons. The van der Waals surface area contributed by atoms with E-state index >= 15 is 0 Å². The maximum atomic E-state index is 7.98. The summed E-state index contributed by atoms with van der Waals surface area (Å²) in [5.41, 5.74) is 8.80. The van der Waals surface area contributed by atoms with Gasteiger partial charge in [-0.25, -0.2) is 0 Å². The van der Waals surface area contributed by atoms with Crippen LogP contribution in [0.25, 0.3) is 0 Å². The molecule has 0 saturated carbocycles. The topological polar surface area (TPSA) is 49.9 Å². The van der Waals surface area contributed by atoms with Crippen LogP contribution in [0, 0.1) is 11.3 Å². The van der Waals surface area contributed by atoms with E-state index in [1.54, 1.807) is 0 Å². The van der Waals surface area contributed by atoms with Gasteiger partial charge in [0, 0.05) is 11.4 Å². The molecule has 1 aliphatic carbocycles. The van der Waals surface area contributed by atoms with E-state index in [1.807, 2.05) is 0 Å². The third kappa shape index (κ3) is 2.33. The molecule has 2 heteroatoms. The first-order valence-electron chi connectivity index (χ1n) is 5.23. The smallest absolute Gasteiger partial charge is 0.0391 e. The predicted octanol–water partition coefficient (Wildman–Crippen LogP) is 2.84. The van der Waals surface area contributed by atoms with Crippen molar-refractivity contribution in [2.75, 3.05) is 0 Å². The van der Waals surface area contributed by atoms with Crippen molar-refractivity contribution in [3.8, 4) is 0 Å². The minimum Gasteiger partial charge on any atom is -0.402 e. The van der Waals surface area contributed by atoms with E-state index in [-0.39, 0.29) is 0 Å². The Morgan fingerprint density at radius 3 is 2.62 bits per heavy atom. The van der Waals surface area contributed by atoms with Crippen LogP contribution >= 0.6 is 0 Å². The minimum absolute atomic E-state index is 0.367. The van der Waals surface area contributed by atoms with Crippen molar-refractivity contribution >= 4 is 5.71 Å². The molecule has 1 aliphatic rings. The zero-order valence-corrected chi connectivity index (χ0v) is 8.69. The van der Waals surface area contributed by atoms with Crippen molar-refractivity contribution in [1.29, 1.82) is 5.41 Å². The van der Waals surface area contributed by atoms with E-state index in [4.69, 9.17) is 11.1 Å². The molecule has 0 spiro atoms. The minimum atomic E-state index is 0.367. The van der Waals surface area contributed by atoms with E-state index in [9.17, 15) is 0 Å². The molecule has 3 N–H and O–H groups in total. The standard InChI is InChI=1S/C11H20N2/c1-3-8(2)11(13)9-6-4-5-7-10(9)12/h8,13H,3-7,12H2,1-2H3. The number of hydrogen-bond acceptors (Lipinski definition) is 2. The van der Waals surface area contributed by atoms with Gasteiger partial charge >= 0.3 is 0 Å². The highest BCUT2D eigenvalue weighted by atomic mass is 14.6. The summed E-state index contributed by atoms with van der Waals surface area (Å²) in [5.74, 6) is 0.367. The highest BCUT2D eigenvalue weighted by molar-refractivity contribution is 5.99. The Balaban J connectivity index is 2.74. The maximum Gasteiger partial charge on any atom is 0.0391 e. The second-order valence-corrected chi connectivity index (χ2v) is 3.93. The van der Waals surface area contributed by atoms with Crippen LogP contribution in [0.15, 0.2) is 11.3 Å². The normalized spacial score (nSPS) is 20.2. The van der Waals surface area contributed by atoms with E-state index in [0.717, 1.165) is 36.2 Å². The largest absolute Gasteiger partial charge is 0.402 e. The highest BCUT2D eigenvalue weighted by Crippen LogP contribution is 2.25. The summed E-state index contributed by atoms with van der Waals surface area (Å²) in [4.78, 5) is 0. The van der Waals surface area contributed by atoms with Gasteiger partial charge < -0.3 is 11.1 Å². The lowest BCUT2D eigenvalue weighted by Crippen LogP contribution is -2.19. The third-order valence-corrected chi connectivity index (χ3v) is 2.94. The van der Waals surface area contributed by atoms with Crippen LogP contribution in [0.5, 0.6) is 0 Å². The summed E-state index contributed by atoms with van der Waals surface area (Å²) in [6.07, 6.45) is 5.46. The molecule has 0 fully saturated rings. The molecule has 13 heavy (non-hydrogen) atoms. The molecule has 1 rings (SSSR count). The number of nitrogens with two attached hydrogens (primary N) is 1. The molecule has 0 heterocycles. The monoisotopic (exact) mass is 180 g/mol. The zero-order chi connectivity index (χ0) is 9.84. The first-order valence-corrected chi connectivity index (χ1v) is 5.23. The molecule has 0 saturated heterocycles. The molecule has 0 amide bonds. The van der Waals surface area contributed by atoms with Crippen molar-refractivity contribution in [2.45, 2.75) is 46.0 Å². The van der Waals surface area contributed by atoms with Crippen molar-refractivity contribution in [1.82, 2.24) is 0 Å². The van der Waals surface area contributed by atoms with E-state index < -0.39 is 0 Å². The zero-order valence-electron chi connectivity index (χ0n) is 8.69. The second kappa shape index (κ2) is 4.45. The van der Waals surface area contributed by atoms with E-state index in [1.165, 1.54) is 12.8 Å². The lowest BCUT2D eigenvalue weighted by molar-refractivity contribution is 0.663. The average molecular weight is 180 g/mol. The van der Waals surface area contributed by atoms with Gasteiger partial charge in [0.05, 0.1) is 0 Å².